The van der Waals surface area contributed by atoms with Crippen LogP contribution in [-0.2, 0) is 0 Å². The predicted octanol–water partition coefficient (Wildman–Crippen LogP) is 0.840. The Morgan fingerprint density at radius 1 is 1.18 bits per heavy atom. The Hall–Kier alpha value is -0.0800. The highest BCUT2D eigenvalue weighted by Gasteiger charge is 2.20. The second-order valence-corrected chi connectivity index (χ2v) is 3.87. The molecule has 0 aromatic carbocycles. The van der Waals surface area contributed by atoms with E-state index >= 15 is 0 Å². The van der Waals surface area contributed by atoms with E-state index in [4.69, 9.17) is 0 Å². The molecule has 0 aromatic rings. The minimum Gasteiger partial charge on any atom is -0.314 e. The molecule has 2 unspecified atom stereocenters. The van der Waals surface area contributed by atoms with Crippen LogP contribution >= 0.6 is 0 Å². The van der Waals surface area contributed by atoms with Gasteiger partial charge in [-0.25, -0.2) is 0 Å². The van der Waals surface area contributed by atoms with E-state index in [2.05, 4.69) is 31.4 Å². The van der Waals surface area contributed by atoms with E-state index in [9.17, 15) is 0 Å². The van der Waals surface area contributed by atoms with E-state index < -0.39 is 0 Å². The van der Waals surface area contributed by atoms with E-state index in [0.717, 1.165) is 31.5 Å². The Morgan fingerprint density at radius 3 is 2.36 bits per heavy atom. The standard InChI is InChI=1S/C9H20N2/c1-7(2)8(3)9-6-10-4-5-11-9/h7-11H,4-6H2,1-3H3. The third-order valence-corrected chi connectivity index (χ3v) is 2.76. The Morgan fingerprint density at radius 2 is 1.91 bits per heavy atom. The van der Waals surface area contributed by atoms with Gasteiger partial charge in [-0.3, -0.25) is 0 Å². The highest BCUT2D eigenvalue weighted by atomic mass is 15.1. The van der Waals surface area contributed by atoms with Crippen LogP contribution < -0.4 is 10.6 Å². The predicted molar refractivity (Wildman–Crippen MR) is 48.7 cm³/mol. The van der Waals surface area contributed by atoms with Crippen LogP contribution in [0.3, 0.4) is 0 Å². The van der Waals surface area contributed by atoms with Gasteiger partial charge in [-0.1, -0.05) is 20.8 Å². The summed E-state index contributed by atoms with van der Waals surface area (Å²) in [7, 11) is 0. The molecule has 0 bridgehead atoms. The summed E-state index contributed by atoms with van der Waals surface area (Å²) >= 11 is 0. The van der Waals surface area contributed by atoms with Gasteiger partial charge in [0, 0.05) is 25.7 Å². The summed E-state index contributed by atoms with van der Waals surface area (Å²) in [4.78, 5) is 0. The minimum atomic E-state index is 0.684. The maximum absolute atomic E-state index is 3.54. The van der Waals surface area contributed by atoms with Crippen molar-refractivity contribution in [2.24, 2.45) is 11.8 Å². The summed E-state index contributed by atoms with van der Waals surface area (Å²) in [5.41, 5.74) is 0. The van der Waals surface area contributed by atoms with Crippen molar-refractivity contribution in [2.75, 3.05) is 19.6 Å². The quantitative estimate of drug-likeness (QED) is 0.619. The lowest BCUT2D eigenvalue weighted by molar-refractivity contribution is 0.268. The van der Waals surface area contributed by atoms with Crippen LogP contribution in [0, 0.1) is 11.8 Å². The summed E-state index contributed by atoms with van der Waals surface area (Å²) in [6, 6.07) is 0.684. The molecular formula is C9H20N2. The molecule has 0 spiro atoms. The Labute approximate surface area is 69.8 Å². The van der Waals surface area contributed by atoms with Crippen LogP contribution in [0.5, 0.6) is 0 Å². The number of rotatable bonds is 2. The van der Waals surface area contributed by atoms with Gasteiger partial charge in [0.25, 0.3) is 0 Å². The number of hydrogen-bond donors (Lipinski definition) is 2. The highest BCUT2D eigenvalue weighted by molar-refractivity contribution is 4.81. The first kappa shape index (κ1) is 9.01. The molecule has 1 aliphatic rings. The lowest BCUT2D eigenvalue weighted by atomic mass is 9.89. The van der Waals surface area contributed by atoms with Crippen LogP contribution in [0.4, 0.5) is 0 Å². The zero-order valence-corrected chi connectivity index (χ0v) is 7.85. The molecule has 0 saturated carbocycles. The number of piperazine rings is 1. The number of hydrogen-bond acceptors (Lipinski definition) is 2. The molecule has 66 valence electrons. The van der Waals surface area contributed by atoms with Crippen LogP contribution in [0.1, 0.15) is 20.8 Å². The zero-order chi connectivity index (χ0) is 8.27. The maximum atomic E-state index is 3.54. The Bertz CT molecular complexity index is 106. The molecule has 2 N–H and O–H groups in total. The molecule has 1 saturated heterocycles. The molecule has 1 aliphatic heterocycles. The van der Waals surface area contributed by atoms with Gasteiger partial charge < -0.3 is 10.6 Å². The highest BCUT2D eigenvalue weighted by Crippen LogP contribution is 2.14. The maximum Gasteiger partial charge on any atom is 0.0221 e. The zero-order valence-electron chi connectivity index (χ0n) is 7.85. The first-order chi connectivity index (χ1) is 5.22. The second-order valence-electron chi connectivity index (χ2n) is 3.87. The number of nitrogens with one attached hydrogen (secondary N) is 2. The average Bonchev–Trinajstić information content (AvgIpc) is 2.05. The van der Waals surface area contributed by atoms with Crippen molar-refractivity contribution in [3.05, 3.63) is 0 Å². The summed E-state index contributed by atoms with van der Waals surface area (Å²) in [5.74, 6) is 1.56. The van der Waals surface area contributed by atoms with Gasteiger partial charge in [0.2, 0.25) is 0 Å². The van der Waals surface area contributed by atoms with Crippen LogP contribution in [-0.4, -0.2) is 25.7 Å². The average molecular weight is 156 g/mol. The molecule has 1 fully saturated rings. The first-order valence-corrected chi connectivity index (χ1v) is 4.66. The van der Waals surface area contributed by atoms with Crippen molar-refractivity contribution >= 4 is 0 Å². The molecule has 2 nitrogen and oxygen atoms in total. The lowest BCUT2D eigenvalue weighted by Crippen LogP contribution is -2.52. The van der Waals surface area contributed by atoms with Gasteiger partial charge in [-0.05, 0) is 11.8 Å². The molecule has 11 heavy (non-hydrogen) atoms. The van der Waals surface area contributed by atoms with Crippen molar-refractivity contribution in [2.45, 2.75) is 26.8 Å². The summed E-state index contributed by atoms with van der Waals surface area (Å²) in [5, 5.41) is 6.95. The molecule has 0 amide bonds. The van der Waals surface area contributed by atoms with Crippen molar-refractivity contribution in [1.82, 2.24) is 10.6 Å². The molecule has 0 radical (unpaired) electrons. The van der Waals surface area contributed by atoms with E-state index in [1.54, 1.807) is 0 Å². The molecular weight excluding hydrogens is 136 g/mol. The van der Waals surface area contributed by atoms with E-state index in [0.29, 0.717) is 6.04 Å². The lowest BCUT2D eigenvalue weighted by Gasteiger charge is -2.31. The fourth-order valence-corrected chi connectivity index (χ4v) is 1.51. The molecule has 1 rings (SSSR count). The SMILES string of the molecule is CC(C)C(C)C1CNCCN1. The largest absolute Gasteiger partial charge is 0.314 e. The van der Waals surface area contributed by atoms with Gasteiger partial charge in [0.05, 0.1) is 0 Å². The van der Waals surface area contributed by atoms with Crippen molar-refractivity contribution in [1.29, 1.82) is 0 Å². The molecule has 0 aromatic heterocycles. The topological polar surface area (TPSA) is 24.1 Å². The Balaban J connectivity index is 2.32. The fourth-order valence-electron chi connectivity index (χ4n) is 1.51. The third kappa shape index (κ3) is 2.46. The van der Waals surface area contributed by atoms with E-state index in [1.165, 1.54) is 0 Å². The van der Waals surface area contributed by atoms with E-state index in [-0.39, 0.29) is 0 Å². The molecule has 2 heteroatoms. The van der Waals surface area contributed by atoms with Crippen molar-refractivity contribution in [3.8, 4) is 0 Å². The van der Waals surface area contributed by atoms with Crippen molar-refractivity contribution in [3.63, 3.8) is 0 Å². The van der Waals surface area contributed by atoms with Crippen LogP contribution in [0.25, 0.3) is 0 Å². The van der Waals surface area contributed by atoms with Crippen LogP contribution in [0.2, 0.25) is 0 Å². The molecule has 1 heterocycles. The van der Waals surface area contributed by atoms with Gasteiger partial charge in [0.1, 0.15) is 0 Å². The second kappa shape index (κ2) is 4.07. The monoisotopic (exact) mass is 156 g/mol. The smallest absolute Gasteiger partial charge is 0.0221 e. The van der Waals surface area contributed by atoms with E-state index in [1.807, 2.05) is 0 Å². The van der Waals surface area contributed by atoms with Gasteiger partial charge in [-0.15, -0.1) is 0 Å². The van der Waals surface area contributed by atoms with Gasteiger partial charge >= 0.3 is 0 Å². The summed E-state index contributed by atoms with van der Waals surface area (Å²) in [6.45, 7) is 10.3. The Kier molecular flexibility index (Phi) is 3.34. The van der Waals surface area contributed by atoms with Crippen molar-refractivity contribution < 1.29 is 0 Å². The first-order valence-electron chi connectivity index (χ1n) is 4.66. The van der Waals surface area contributed by atoms with Crippen LogP contribution in [0.15, 0.2) is 0 Å². The normalized spacial score (nSPS) is 28.9. The third-order valence-electron chi connectivity index (χ3n) is 2.76. The van der Waals surface area contributed by atoms with Gasteiger partial charge in [0.15, 0.2) is 0 Å². The minimum absolute atomic E-state index is 0.684. The molecule has 0 aliphatic carbocycles. The fraction of sp³-hybridized carbons (Fsp3) is 1.00. The summed E-state index contributed by atoms with van der Waals surface area (Å²) < 4.78 is 0. The van der Waals surface area contributed by atoms with Gasteiger partial charge in [-0.2, -0.15) is 0 Å². The molecule has 2 atom stereocenters. The summed E-state index contributed by atoms with van der Waals surface area (Å²) in [6.07, 6.45) is 0.